The molecular formula is C14H13Li. The Morgan fingerprint density at radius 2 is 1.07 bits per heavy atom. The maximum atomic E-state index is 2.26. The van der Waals surface area contributed by atoms with Gasteiger partial charge in [-0.05, 0) is 0 Å². The summed E-state index contributed by atoms with van der Waals surface area (Å²) in [6.45, 7) is 2.26. The molecule has 0 amide bonds. The Kier molecular flexibility index (Phi) is 3.00. The summed E-state index contributed by atoms with van der Waals surface area (Å²) in [5, 5.41) is 0. The molecule has 0 fully saturated rings. The molecule has 0 aliphatic carbocycles. The van der Waals surface area contributed by atoms with Crippen molar-refractivity contribution in [3.05, 3.63) is 71.8 Å². The number of rotatable bonds is 2. The standard InChI is InChI=1S/C14H13.Li/c1-12(13-8-4-2-5-9-13)14-10-6-3-7-11-14;/h2-11H,1H3;. The summed E-state index contributed by atoms with van der Waals surface area (Å²) in [4.78, 5) is 0. The summed E-state index contributed by atoms with van der Waals surface area (Å²) in [6, 6.07) is 21.3. The van der Waals surface area contributed by atoms with Crippen LogP contribution in [0.4, 0.5) is 0 Å². The molecule has 0 saturated carbocycles. The maximum absolute atomic E-state index is 2.26. The van der Waals surface area contributed by atoms with Gasteiger partial charge in [0.25, 0.3) is 0 Å². The number of hydrogen-bond donors (Lipinski definition) is 0. The van der Waals surface area contributed by atoms with E-state index in [-0.39, 0.29) is 4.09 Å². The zero-order chi connectivity index (χ0) is 10.7. The summed E-state index contributed by atoms with van der Waals surface area (Å²) < 4.78 is 0.0858. The zero-order valence-corrected chi connectivity index (χ0v) is 9.27. The minimum absolute atomic E-state index is 0.0858. The first-order chi connectivity index (χ1) is 7.21. The second-order valence-corrected chi connectivity index (χ2v) is 4.36. The predicted molar refractivity (Wildman–Crippen MR) is 65.1 cm³/mol. The Morgan fingerprint density at radius 1 is 0.733 bits per heavy atom. The molecule has 0 aliphatic heterocycles. The van der Waals surface area contributed by atoms with Crippen LogP contribution in [0.3, 0.4) is 0 Å². The second-order valence-electron chi connectivity index (χ2n) is 4.36. The molecule has 0 aromatic heterocycles. The van der Waals surface area contributed by atoms with E-state index in [2.05, 4.69) is 85.3 Å². The Balaban J connectivity index is 2.44. The van der Waals surface area contributed by atoms with Gasteiger partial charge in [-0.3, -0.25) is 0 Å². The van der Waals surface area contributed by atoms with E-state index >= 15 is 0 Å². The monoisotopic (exact) mass is 188 g/mol. The first kappa shape index (κ1) is 10.6. The summed E-state index contributed by atoms with van der Waals surface area (Å²) in [5.41, 5.74) is 2.72. The second kappa shape index (κ2) is 4.27. The van der Waals surface area contributed by atoms with E-state index in [0.717, 1.165) is 0 Å². The van der Waals surface area contributed by atoms with Gasteiger partial charge in [-0.2, -0.15) is 0 Å². The predicted octanol–water partition coefficient (Wildman–Crippen LogP) is 3.12. The van der Waals surface area contributed by atoms with E-state index in [0.29, 0.717) is 0 Å². The van der Waals surface area contributed by atoms with Crippen molar-refractivity contribution < 1.29 is 0 Å². The SMILES string of the molecule is [Li][C](C)(c1ccccc1)c1ccccc1. The molecule has 2 aromatic carbocycles. The molecule has 15 heavy (non-hydrogen) atoms. The van der Waals surface area contributed by atoms with Crippen molar-refractivity contribution in [2.45, 2.75) is 11.0 Å². The fraction of sp³-hybridized carbons (Fsp3) is 0.143. The molecule has 0 atom stereocenters. The Labute approximate surface area is 101 Å². The van der Waals surface area contributed by atoms with Crippen LogP contribution in [0.25, 0.3) is 0 Å². The van der Waals surface area contributed by atoms with Crippen LogP contribution in [0.5, 0.6) is 0 Å². The van der Waals surface area contributed by atoms with Crippen LogP contribution in [-0.4, -0.2) is 17.7 Å². The van der Waals surface area contributed by atoms with Gasteiger partial charge in [0.15, 0.2) is 0 Å². The molecule has 0 aliphatic rings. The summed E-state index contributed by atoms with van der Waals surface area (Å²) >= 11 is 2.26. The fourth-order valence-electron chi connectivity index (χ4n) is 1.88. The molecular weight excluding hydrogens is 175 g/mol. The Bertz CT molecular complexity index is 376. The molecule has 1 heteroatoms. The quantitative estimate of drug-likeness (QED) is 0.635. The van der Waals surface area contributed by atoms with Crippen LogP contribution in [0.2, 0.25) is 0 Å². The first-order valence-corrected chi connectivity index (χ1v) is 5.32. The molecule has 0 N–H and O–H groups in total. The zero-order valence-electron chi connectivity index (χ0n) is 9.27. The third-order valence-corrected chi connectivity index (χ3v) is 2.99. The molecule has 0 saturated heterocycles. The van der Waals surface area contributed by atoms with Gasteiger partial charge < -0.3 is 0 Å². The average molecular weight is 188 g/mol. The van der Waals surface area contributed by atoms with Crippen LogP contribution in [0.1, 0.15) is 18.1 Å². The van der Waals surface area contributed by atoms with E-state index in [1.807, 2.05) is 0 Å². The molecule has 0 nitrogen and oxygen atoms in total. The van der Waals surface area contributed by atoms with Gasteiger partial charge in [0, 0.05) is 0 Å². The Hall–Kier alpha value is -0.963. The molecule has 2 rings (SSSR count). The number of hydrogen-bond acceptors (Lipinski definition) is 0. The van der Waals surface area contributed by atoms with Crippen molar-refractivity contribution in [1.29, 1.82) is 0 Å². The summed E-state index contributed by atoms with van der Waals surface area (Å²) in [7, 11) is 0. The van der Waals surface area contributed by atoms with Gasteiger partial charge in [0.1, 0.15) is 0 Å². The van der Waals surface area contributed by atoms with E-state index in [9.17, 15) is 0 Å². The van der Waals surface area contributed by atoms with E-state index < -0.39 is 0 Å². The van der Waals surface area contributed by atoms with Crippen LogP contribution in [0.15, 0.2) is 60.7 Å². The van der Waals surface area contributed by atoms with Gasteiger partial charge in [-0.25, -0.2) is 0 Å². The van der Waals surface area contributed by atoms with Crippen molar-refractivity contribution in [3.8, 4) is 0 Å². The van der Waals surface area contributed by atoms with E-state index in [1.165, 1.54) is 11.1 Å². The fourth-order valence-corrected chi connectivity index (χ4v) is 1.88. The third kappa shape index (κ3) is 2.17. The third-order valence-electron chi connectivity index (χ3n) is 2.99. The van der Waals surface area contributed by atoms with Crippen molar-refractivity contribution in [2.75, 3.05) is 0 Å². The summed E-state index contributed by atoms with van der Waals surface area (Å²) in [6.07, 6.45) is 0. The van der Waals surface area contributed by atoms with Crippen molar-refractivity contribution >= 4 is 17.7 Å². The molecule has 2 aromatic rings. The van der Waals surface area contributed by atoms with Gasteiger partial charge in [0.2, 0.25) is 0 Å². The molecule has 0 heterocycles. The topological polar surface area (TPSA) is 0 Å². The molecule has 0 spiro atoms. The molecule has 0 radical (unpaired) electrons. The van der Waals surface area contributed by atoms with Crippen LogP contribution in [-0.2, 0) is 4.09 Å². The van der Waals surface area contributed by atoms with Crippen molar-refractivity contribution in [1.82, 2.24) is 0 Å². The van der Waals surface area contributed by atoms with Crippen LogP contribution in [0, 0.1) is 0 Å². The van der Waals surface area contributed by atoms with Crippen LogP contribution < -0.4 is 0 Å². The van der Waals surface area contributed by atoms with Gasteiger partial charge in [0.05, 0.1) is 0 Å². The first-order valence-electron chi connectivity index (χ1n) is 5.32. The number of benzene rings is 2. The minimum atomic E-state index is 0.0858. The van der Waals surface area contributed by atoms with E-state index in [1.54, 1.807) is 0 Å². The average Bonchev–Trinajstić information content (AvgIpc) is 2.31. The normalized spacial score (nSPS) is 11.4. The Morgan fingerprint density at radius 3 is 1.40 bits per heavy atom. The molecule has 0 unspecified atom stereocenters. The van der Waals surface area contributed by atoms with Crippen molar-refractivity contribution in [2.24, 2.45) is 0 Å². The van der Waals surface area contributed by atoms with Crippen LogP contribution >= 0.6 is 0 Å². The molecule has 70 valence electrons. The summed E-state index contributed by atoms with van der Waals surface area (Å²) in [5.74, 6) is 0. The molecule has 0 bridgehead atoms. The van der Waals surface area contributed by atoms with Crippen molar-refractivity contribution in [3.63, 3.8) is 0 Å². The van der Waals surface area contributed by atoms with Gasteiger partial charge in [-0.1, -0.05) is 0 Å². The van der Waals surface area contributed by atoms with E-state index in [4.69, 9.17) is 0 Å². The van der Waals surface area contributed by atoms with Gasteiger partial charge in [-0.15, -0.1) is 0 Å². The van der Waals surface area contributed by atoms with Gasteiger partial charge >= 0.3 is 101 Å².